The molecular formula is C27H25F2N7O2S. The molecule has 2 aliphatic carbocycles. The summed E-state index contributed by atoms with van der Waals surface area (Å²) in [6, 6.07) is 7.37. The number of halogens is 2. The maximum Gasteiger partial charge on any atom is 0.236 e. The summed E-state index contributed by atoms with van der Waals surface area (Å²) in [6.45, 7) is 5.85. The van der Waals surface area contributed by atoms with Gasteiger partial charge >= 0.3 is 0 Å². The highest BCUT2D eigenvalue weighted by Gasteiger charge is 2.65. The fourth-order valence-corrected chi connectivity index (χ4v) is 6.73. The average Bonchev–Trinajstić information content (AvgIpc) is 3.30. The molecule has 9 nitrogen and oxygen atoms in total. The molecule has 0 aliphatic heterocycles. The van der Waals surface area contributed by atoms with E-state index in [-0.39, 0.29) is 34.3 Å². The highest BCUT2D eigenvalue weighted by Crippen LogP contribution is 2.69. The first kappa shape index (κ1) is 25.4. The Labute approximate surface area is 224 Å². The zero-order chi connectivity index (χ0) is 27.6. The highest BCUT2D eigenvalue weighted by molar-refractivity contribution is 7.92. The van der Waals surface area contributed by atoms with E-state index in [2.05, 4.69) is 43.7 Å². The summed E-state index contributed by atoms with van der Waals surface area (Å²) in [7, 11) is -3.50. The van der Waals surface area contributed by atoms with Crippen molar-refractivity contribution in [1.29, 1.82) is 0 Å². The molecule has 0 amide bonds. The number of aromatic nitrogens is 6. The van der Waals surface area contributed by atoms with Crippen molar-refractivity contribution in [1.82, 2.24) is 30.1 Å². The smallest absolute Gasteiger partial charge is 0.236 e. The lowest BCUT2D eigenvalue weighted by atomic mass is 9.66. The first-order valence-corrected chi connectivity index (χ1v) is 14.2. The lowest BCUT2D eigenvalue weighted by Gasteiger charge is -2.37. The van der Waals surface area contributed by atoms with Crippen molar-refractivity contribution in [3.05, 3.63) is 77.5 Å². The van der Waals surface area contributed by atoms with Crippen LogP contribution in [-0.2, 0) is 15.4 Å². The van der Waals surface area contributed by atoms with Crippen LogP contribution in [0, 0.1) is 17.0 Å². The van der Waals surface area contributed by atoms with Crippen molar-refractivity contribution in [2.75, 3.05) is 10.5 Å². The predicted octanol–water partition coefficient (Wildman–Crippen LogP) is 4.63. The molecule has 0 saturated heterocycles. The minimum Gasteiger partial charge on any atom is -0.251 e. The number of nitrogens with one attached hydrogen (secondary N) is 1. The number of nitrogens with zero attached hydrogens (tertiary/aromatic N) is 6. The van der Waals surface area contributed by atoms with E-state index < -0.39 is 27.1 Å². The third-order valence-electron chi connectivity index (χ3n) is 8.23. The lowest BCUT2D eigenvalue weighted by molar-refractivity contribution is 0.243. The lowest BCUT2D eigenvalue weighted by Crippen LogP contribution is -2.38. The summed E-state index contributed by atoms with van der Waals surface area (Å²) in [5.41, 5.74) is 2.06. The standard InChI is InChI=1S/C27H25F2N7O2S/c1-4-39(37,38)36-25-31-13-15(14-32-25)24-30-11-9-21(33-24)27-10-8-17(26(27,2)3)16-12-20(34-35-23(16)27)22-18(28)6-5-7-19(22)29/h5-7,9,11-14,17H,4,8,10H2,1-3H3,(H,31,32,36)/t17-,27+/m0/s1. The van der Waals surface area contributed by atoms with E-state index in [0.29, 0.717) is 11.4 Å². The quantitative estimate of drug-likeness (QED) is 0.369. The van der Waals surface area contributed by atoms with Gasteiger partial charge in [0.2, 0.25) is 16.0 Å². The van der Waals surface area contributed by atoms with E-state index in [9.17, 15) is 17.2 Å². The average molecular weight is 550 g/mol. The molecular weight excluding hydrogens is 524 g/mol. The van der Waals surface area contributed by atoms with Crippen LogP contribution in [-0.4, -0.2) is 44.3 Å². The van der Waals surface area contributed by atoms with E-state index in [1.807, 2.05) is 6.07 Å². The van der Waals surface area contributed by atoms with Gasteiger partial charge in [0.25, 0.3) is 0 Å². The first-order valence-electron chi connectivity index (χ1n) is 12.6. The number of rotatable bonds is 6. The van der Waals surface area contributed by atoms with Gasteiger partial charge in [-0.05, 0) is 60.9 Å². The van der Waals surface area contributed by atoms with Gasteiger partial charge in [-0.25, -0.2) is 37.1 Å². The largest absolute Gasteiger partial charge is 0.251 e. The van der Waals surface area contributed by atoms with Gasteiger partial charge in [0.15, 0.2) is 5.82 Å². The van der Waals surface area contributed by atoms with Crippen molar-refractivity contribution < 1.29 is 17.2 Å². The zero-order valence-electron chi connectivity index (χ0n) is 21.5. The number of benzene rings is 1. The Hall–Kier alpha value is -3.93. The minimum absolute atomic E-state index is 0.0304. The Kier molecular flexibility index (Phi) is 5.72. The van der Waals surface area contributed by atoms with E-state index in [1.165, 1.54) is 37.5 Å². The van der Waals surface area contributed by atoms with Gasteiger partial charge in [-0.2, -0.15) is 5.10 Å². The molecule has 6 rings (SSSR count). The number of hydrogen-bond acceptors (Lipinski definition) is 8. The summed E-state index contributed by atoms with van der Waals surface area (Å²) >= 11 is 0. The Bertz CT molecular complexity index is 1690. The van der Waals surface area contributed by atoms with Gasteiger partial charge in [0.05, 0.1) is 39.4 Å². The van der Waals surface area contributed by atoms with E-state index in [4.69, 9.17) is 4.98 Å². The summed E-state index contributed by atoms with van der Waals surface area (Å²) in [5, 5.41) is 8.84. The van der Waals surface area contributed by atoms with Gasteiger partial charge in [0.1, 0.15) is 11.6 Å². The Balaban J connectivity index is 1.41. The number of sulfonamides is 1. The third kappa shape index (κ3) is 3.80. The van der Waals surface area contributed by atoms with Crippen LogP contribution in [0.1, 0.15) is 56.5 Å². The Morgan fingerprint density at radius 1 is 1.05 bits per heavy atom. The summed E-state index contributed by atoms with van der Waals surface area (Å²) in [6.07, 6.45) is 6.25. The van der Waals surface area contributed by atoms with Crippen molar-refractivity contribution in [3.8, 4) is 22.6 Å². The molecule has 0 unspecified atom stereocenters. The van der Waals surface area contributed by atoms with Gasteiger partial charge < -0.3 is 0 Å². The molecule has 39 heavy (non-hydrogen) atoms. The highest BCUT2D eigenvalue weighted by atomic mass is 32.2. The summed E-state index contributed by atoms with van der Waals surface area (Å²) < 4.78 is 55.0. The van der Waals surface area contributed by atoms with Crippen LogP contribution in [0.5, 0.6) is 0 Å². The fourth-order valence-electron chi connectivity index (χ4n) is 6.20. The van der Waals surface area contributed by atoms with Crippen LogP contribution in [0.4, 0.5) is 14.7 Å². The molecule has 3 aromatic heterocycles. The van der Waals surface area contributed by atoms with Crippen LogP contribution in [0.2, 0.25) is 0 Å². The molecule has 2 atom stereocenters. The number of fused-ring (bicyclic) bond motifs is 5. The van der Waals surface area contributed by atoms with E-state index >= 15 is 0 Å². The van der Waals surface area contributed by atoms with E-state index in [0.717, 1.165) is 29.8 Å². The predicted molar refractivity (Wildman–Crippen MR) is 140 cm³/mol. The Morgan fingerprint density at radius 3 is 2.46 bits per heavy atom. The van der Waals surface area contributed by atoms with Crippen LogP contribution >= 0.6 is 0 Å². The second-order valence-corrected chi connectivity index (χ2v) is 12.4. The van der Waals surface area contributed by atoms with Crippen LogP contribution in [0.15, 0.2) is 48.9 Å². The van der Waals surface area contributed by atoms with Gasteiger partial charge in [-0.3, -0.25) is 4.72 Å². The van der Waals surface area contributed by atoms with Crippen LogP contribution in [0.25, 0.3) is 22.6 Å². The van der Waals surface area contributed by atoms with Gasteiger partial charge in [-0.1, -0.05) is 19.9 Å². The SMILES string of the molecule is CCS(=O)(=O)Nc1ncc(-c2nccc([C@]34CC[C@@H](c5cc(-c6c(F)cccc6F)nnc53)C4(C)C)n2)cn1. The minimum atomic E-state index is -3.50. The zero-order valence-corrected chi connectivity index (χ0v) is 22.3. The molecule has 4 aromatic rings. The molecule has 1 aromatic carbocycles. The summed E-state index contributed by atoms with van der Waals surface area (Å²) in [5.74, 6) is -1.00. The molecule has 1 saturated carbocycles. The van der Waals surface area contributed by atoms with Gasteiger partial charge in [0, 0.05) is 18.6 Å². The second-order valence-electron chi connectivity index (χ2n) is 10.4. The number of anilines is 1. The summed E-state index contributed by atoms with van der Waals surface area (Å²) in [4.78, 5) is 17.5. The van der Waals surface area contributed by atoms with E-state index in [1.54, 1.807) is 12.3 Å². The topological polar surface area (TPSA) is 124 Å². The van der Waals surface area contributed by atoms with Crippen molar-refractivity contribution >= 4 is 16.0 Å². The van der Waals surface area contributed by atoms with Gasteiger partial charge in [-0.15, -0.1) is 5.10 Å². The van der Waals surface area contributed by atoms with Crippen molar-refractivity contribution in [2.24, 2.45) is 5.41 Å². The normalized spacial score (nSPS) is 21.1. The first-order chi connectivity index (χ1) is 18.6. The van der Waals surface area contributed by atoms with Crippen LogP contribution < -0.4 is 4.72 Å². The van der Waals surface area contributed by atoms with Crippen molar-refractivity contribution in [3.63, 3.8) is 0 Å². The molecule has 1 N–H and O–H groups in total. The molecule has 2 bridgehead atoms. The fraction of sp³-hybridized carbons (Fsp3) is 0.333. The number of hydrogen-bond donors (Lipinski definition) is 1. The maximum atomic E-state index is 14.5. The molecule has 3 heterocycles. The van der Waals surface area contributed by atoms with Crippen molar-refractivity contribution in [2.45, 2.75) is 44.9 Å². The monoisotopic (exact) mass is 549 g/mol. The second kappa shape index (κ2) is 8.80. The van der Waals surface area contributed by atoms with Crippen LogP contribution in [0.3, 0.4) is 0 Å². The Morgan fingerprint density at radius 2 is 1.77 bits per heavy atom. The molecule has 12 heteroatoms. The third-order valence-corrected chi connectivity index (χ3v) is 9.48. The molecule has 200 valence electrons. The molecule has 0 radical (unpaired) electrons. The molecule has 2 aliphatic rings. The molecule has 1 fully saturated rings. The molecule has 0 spiro atoms. The maximum absolute atomic E-state index is 14.5.